The minimum Gasteiger partial charge on any atom is -0.354 e. The Bertz CT molecular complexity index is 459. The first-order valence-corrected chi connectivity index (χ1v) is 8.00. The second-order valence-corrected chi connectivity index (χ2v) is 6.17. The van der Waals surface area contributed by atoms with E-state index in [1.165, 1.54) is 38.8 Å². The molecule has 0 saturated carbocycles. The standard InChI is InChI=1S/C15H23ClN4/c16-14-12(10-17)4-6-18-15(14)20-9-5-13(11-20)19-7-2-1-3-8-19/h4,6,13H,1-3,5,7-11,17H2. The van der Waals surface area contributed by atoms with Gasteiger partial charge in [-0.15, -0.1) is 0 Å². The molecule has 1 aromatic rings. The number of hydrogen-bond acceptors (Lipinski definition) is 4. The first kappa shape index (κ1) is 14.1. The van der Waals surface area contributed by atoms with Crippen LogP contribution < -0.4 is 10.6 Å². The van der Waals surface area contributed by atoms with Crippen LogP contribution in [0.1, 0.15) is 31.2 Å². The summed E-state index contributed by atoms with van der Waals surface area (Å²) >= 11 is 6.42. The first-order chi connectivity index (χ1) is 9.79. The topological polar surface area (TPSA) is 45.4 Å². The quantitative estimate of drug-likeness (QED) is 0.929. The van der Waals surface area contributed by atoms with E-state index in [0.29, 0.717) is 12.6 Å². The van der Waals surface area contributed by atoms with E-state index in [4.69, 9.17) is 17.3 Å². The van der Waals surface area contributed by atoms with Gasteiger partial charge in [0.15, 0.2) is 0 Å². The molecule has 2 aliphatic rings. The number of hydrogen-bond donors (Lipinski definition) is 1. The van der Waals surface area contributed by atoms with E-state index in [-0.39, 0.29) is 0 Å². The van der Waals surface area contributed by atoms with Crippen molar-refractivity contribution in [2.24, 2.45) is 5.73 Å². The molecular weight excluding hydrogens is 272 g/mol. The van der Waals surface area contributed by atoms with Crippen molar-refractivity contribution in [1.82, 2.24) is 9.88 Å². The third kappa shape index (κ3) is 2.78. The molecule has 2 fully saturated rings. The molecule has 4 nitrogen and oxygen atoms in total. The molecule has 0 aromatic carbocycles. The summed E-state index contributed by atoms with van der Waals surface area (Å²) in [6.07, 6.45) is 7.11. The van der Waals surface area contributed by atoms with Gasteiger partial charge < -0.3 is 10.6 Å². The second kappa shape index (κ2) is 6.29. The van der Waals surface area contributed by atoms with Gasteiger partial charge in [-0.2, -0.15) is 0 Å². The number of piperidine rings is 1. The summed E-state index contributed by atoms with van der Waals surface area (Å²) in [6, 6.07) is 2.57. The maximum Gasteiger partial charge on any atom is 0.147 e. The average Bonchev–Trinajstić information content (AvgIpc) is 2.98. The zero-order valence-electron chi connectivity index (χ0n) is 11.9. The highest BCUT2D eigenvalue weighted by molar-refractivity contribution is 6.33. The Labute approximate surface area is 125 Å². The van der Waals surface area contributed by atoms with Gasteiger partial charge in [-0.25, -0.2) is 4.98 Å². The molecule has 5 heteroatoms. The molecule has 2 aliphatic heterocycles. The lowest BCUT2D eigenvalue weighted by Gasteiger charge is -2.32. The molecule has 3 rings (SSSR count). The van der Waals surface area contributed by atoms with Gasteiger partial charge in [0.25, 0.3) is 0 Å². The second-order valence-electron chi connectivity index (χ2n) is 5.80. The van der Waals surface area contributed by atoms with Crippen molar-refractivity contribution in [2.75, 3.05) is 31.1 Å². The van der Waals surface area contributed by atoms with Gasteiger partial charge in [0.05, 0.1) is 5.02 Å². The van der Waals surface area contributed by atoms with Gasteiger partial charge in [-0.3, -0.25) is 4.90 Å². The Kier molecular flexibility index (Phi) is 4.44. The Hall–Kier alpha value is -0.840. The predicted molar refractivity (Wildman–Crippen MR) is 83.2 cm³/mol. The van der Waals surface area contributed by atoms with E-state index < -0.39 is 0 Å². The van der Waals surface area contributed by atoms with Crippen molar-refractivity contribution < 1.29 is 0 Å². The maximum atomic E-state index is 6.42. The predicted octanol–water partition coefficient (Wildman–Crippen LogP) is 2.26. The van der Waals surface area contributed by atoms with Crippen LogP contribution in [0.25, 0.3) is 0 Å². The summed E-state index contributed by atoms with van der Waals surface area (Å²) in [7, 11) is 0. The number of pyridine rings is 1. The van der Waals surface area contributed by atoms with E-state index in [2.05, 4.69) is 14.8 Å². The van der Waals surface area contributed by atoms with Crippen LogP contribution in [0.5, 0.6) is 0 Å². The average molecular weight is 295 g/mol. The number of anilines is 1. The number of nitrogens with two attached hydrogens (primary N) is 1. The zero-order valence-corrected chi connectivity index (χ0v) is 12.6. The SMILES string of the molecule is NCc1ccnc(N2CCC(N3CCCCC3)C2)c1Cl. The Morgan fingerprint density at radius 2 is 2.05 bits per heavy atom. The molecule has 3 heterocycles. The summed E-state index contributed by atoms with van der Waals surface area (Å²) in [5.74, 6) is 0.911. The molecular formula is C15H23ClN4. The largest absolute Gasteiger partial charge is 0.354 e. The van der Waals surface area contributed by atoms with Gasteiger partial charge in [0, 0.05) is 31.9 Å². The van der Waals surface area contributed by atoms with Crippen LogP contribution in [0.15, 0.2) is 12.3 Å². The molecule has 1 aromatic heterocycles. The van der Waals surface area contributed by atoms with Crippen molar-refractivity contribution in [2.45, 2.75) is 38.3 Å². The molecule has 0 bridgehead atoms. The Balaban J connectivity index is 1.70. The zero-order chi connectivity index (χ0) is 13.9. The van der Waals surface area contributed by atoms with Gasteiger partial charge in [-0.05, 0) is 44.0 Å². The normalized spacial score (nSPS) is 24.3. The fraction of sp³-hybridized carbons (Fsp3) is 0.667. The molecule has 0 amide bonds. The summed E-state index contributed by atoms with van der Waals surface area (Å²) in [4.78, 5) is 9.43. The maximum absolute atomic E-state index is 6.42. The lowest BCUT2D eigenvalue weighted by atomic mass is 10.1. The van der Waals surface area contributed by atoms with E-state index in [1.807, 2.05) is 12.3 Å². The van der Waals surface area contributed by atoms with Crippen molar-refractivity contribution in [3.63, 3.8) is 0 Å². The smallest absolute Gasteiger partial charge is 0.147 e. The fourth-order valence-electron chi connectivity index (χ4n) is 3.37. The van der Waals surface area contributed by atoms with Gasteiger partial charge >= 0.3 is 0 Å². The van der Waals surface area contributed by atoms with Crippen LogP contribution in [0.2, 0.25) is 5.02 Å². The summed E-state index contributed by atoms with van der Waals surface area (Å²) < 4.78 is 0. The highest BCUT2D eigenvalue weighted by Crippen LogP contribution is 2.30. The molecule has 1 atom stereocenters. The van der Waals surface area contributed by atoms with Gasteiger partial charge in [-0.1, -0.05) is 18.0 Å². The third-order valence-corrected chi connectivity index (χ3v) is 4.95. The summed E-state index contributed by atoms with van der Waals surface area (Å²) in [6.45, 7) is 5.06. The highest BCUT2D eigenvalue weighted by atomic mass is 35.5. The van der Waals surface area contributed by atoms with E-state index in [0.717, 1.165) is 29.5 Å². The van der Waals surface area contributed by atoms with Crippen LogP contribution in [-0.4, -0.2) is 42.1 Å². The minimum atomic E-state index is 0.470. The van der Waals surface area contributed by atoms with E-state index in [1.54, 1.807) is 0 Å². The highest BCUT2D eigenvalue weighted by Gasteiger charge is 2.30. The molecule has 0 spiro atoms. The summed E-state index contributed by atoms with van der Waals surface area (Å²) in [5.41, 5.74) is 6.71. The van der Waals surface area contributed by atoms with Crippen molar-refractivity contribution in [3.8, 4) is 0 Å². The Morgan fingerprint density at radius 1 is 1.25 bits per heavy atom. The molecule has 0 radical (unpaired) electrons. The van der Waals surface area contributed by atoms with Gasteiger partial charge in [0.1, 0.15) is 5.82 Å². The number of halogens is 1. The number of likely N-dealkylation sites (tertiary alicyclic amines) is 1. The number of rotatable bonds is 3. The monoisotopic (exact) mass is 294 g/mol. The fourth-order valence-corrected chi connectivity index (χ4v) is 3.67. The molecule has 20 heavy (non-hydrogen) atoms. The molecule has 2 saturated heterocycles. The van der Waals surface area contributed by atoms with Crippen LogP contribution in [-0.2, 0) is 6.54 Å². The van der Waals surface area contributed by atoms with E-state index in [9.17, 15) is 0 Å². The van der Waals surface area contributed by atoms with Crippen molar-refractivity contribution >= 4 is 17.4 Å². The number of aromatic nitrogens is 1. The van der Waals surface area contributed by atoms with Crippen molar-refractivity contribution in [3.05, 3.63) is 22.8 Å². The van der Waals surface area contributed by atoms with E-state index >= 15 is 0 Å². The van der Waals surface area contributed by atoms with Crippen LogP contribution in [0.3, 0.4) is 0 Å². The minimum absolute atomic E-state index is 0.470. The lowest BCUT2D eigenvalue weighted by molar-refractivity contribution is 0.175. The van der Waals surface area contributed by atoms with Gasteiger partial charge in [0.2, 0.25) is 0 Å². The van der Waals surface area contributed by atoms with Crippen molar-refractivity contribution in [1.29, 1.82) is 0 Å². The lowest BCUT2D eigenvalue weighted by Crippen LogP contribution is -2.41. The summed E-state index contributed by atoms with van der Waals surface area (Å²) in [5, 5.41) is 0.731. The first-order valence-electron chi connectivity index (χ1n) is 7.62. The molecule has 2 N–H and O–H groups in total. The molecule has 110 valence electrons. The molecule has 1 unspecified atom stereocenters. The van der Waals surface area contributed by atoms with Crippen LogP contribution >= 0.6 is 11.6 Å². The number of nitrogens with zero attached hydrogens (tertiary/aromatic N) is 3. The Morgan fingerprint density at radius 3 is 2.80 bits per heavy atom. The van der Waals surface area contributed by atoms with Crippen LogP contribution in [0.4, 0.5) is 5.82 Å². The third-order valence-electron chi connectivity index (χ3n) is 4.54. The molecule has 0 aliphatic carbocycles. The van der Waals surface area contributed by atoms with Crippen LogP contribution in [0, 0.1) is 0 Å².